The molecule has 0 radical (unpaired) electrons. The Labute approximate surface area is 141 Å². The van der Waals surface area contributed by atoms with Gasteiger partial charge in [0.15, 0.2) is 0 Å². The maximum atomic E-state index is 12.7. The fourth-order valence-corrected chi connectivity index (χ4v) is 5.28. The number of nitrogens with one attached hydrogen (secondary N) is 2. The lowest BCUT2D eigenvalue weighted by molar-refractivity contribution is 0.133. The molecule has 1 aromatic carbocycles. The number of hydrazine groups is 1. The molecule has 0 amide bonds. The Kier molecular flexibility index (Phi) is 5.14. The molecule has 1 aromatic rings. The van der Waals surface area contributed by atoms with Crippen LogP contribution in [0.1, 0.15) is 16.7 Å². The van der Waals surface area contributed by atoms with Gasteiger partial charge in [0, 0.05) is 14.1 Å². The average molecular weight is 358 g/mol. The summed E-state index contributed by atoms with van der Waals surface area (Å²) >= 11 is 1.19. The summed E-state index contributed by atoms with van der Waals surface area (Å²) in [5.74, 6) is 6.53. The highest BCUT2D eigenvalue weighted by molar-refractivity contribution is 8.04. The van der Waals surface area contributed by atoms with E-state index >= 15 is 0 Å². The van der Waals surface area contributed by atoms with Crippen LogP contribution in [0.25, 0.3) is 0 Å². The molecular weight excluding hydrogens is 336 g/mol. The van der Waals surface area contributed by atoms with Crippen molar-refractivity contribution in [2.45, 2.75) is 31.2 Å². The molecule has 2 rings (SSSR count). The predicted molar refractivity (Wildman–Crippen MR) is 91.5 cm³/mol. The zero-order chi connectivity index (χ0) is 17.4. The minimum absolute atomic E-state index is 0.195. The van der Waals surface area contributed by atoms with Crippen LogP contribution in [-0.2, 0) is 14.3 Å². The van der Waals surface area contributed by atoms with E-state index in [1.807, 2.05) is 19.1 Å². The van der Waals surface area contributed by atoms with Crippen LogP contribution in [0.3, 0.4) is 0 Å². The second-order valence-corrected chi connectivity index (χ2v) is 7.84. The third kappa shape index (κ3) is 3.42. The molecular formula is C14H22N4O3S2. The van der Waals surface area contributed by atoms with Gasteiger partial charge in [-0.1, -0.05) is 17.7 Å². The first-order valence-corrected chi connectivity index (χ1v) is 9.31. The Balaban J connectivity index is 2.31. The molecule has 0 spiro atoms. The number of nitrogens with zero attached hydrogens (tertiary/aromatic N) is 1. The first-order chi connectivity index (χ1) is 10.7. The van der Waals surface area contributed by atoms with Crippen LogP contribution in [0.4, 0.5) is 0 Å². The Bertz CT molecular complexity index is 723. The maximum absolute atomic E-state index is 12.7. The van der Waals surface area contributed by atoms with Gasteiger partial charge in [-0.2, -0.15) is 8.42 Å². The lowest BCUT2D eigenvalue weighted by Crippen LogP contribution is -2.41. The van der Waals surface area contributed by atoms with Gasteiger partial charge in [0.1, 0.15) is 15.7 Å². The Hall–Kier alpha value is -1.42. The normalized spacial score (nSPS) is 18.5. The molecule has 0 fully saturated rings. The summed E-state index contributed by atoms with van der Waals surface area (Å²) in [7, 11) is -0.501. The highest BCUT2D eigenvalue weighted by atomic mass is 32.2. The smallest absolute Gasteiger partial charge is 0.300 e. The first kappa shape index (κ1) is 17.9. The minimum atomic E-state index is -3.94. The van der Waals surface area contributed by atoms with E-state index in [0.29, 0.717) is 22.0 Å². The van der Waals surface area contributed by atoms with Crippen molar-refractivity contribution in [1.29, 1.82) is 0 Å². The van der Waals surface area contributed by atoms with Gasteiger partial charge in [0.25, 0.3) is 10.1 Å². The fourth-order valence-electron chi connectivity index (χ4n) is 2.64. The van der Waals surface area contributed by atoms with Crippen molar-refractivity contribution in [3.63, 3.8) is 0 Å². The van der Waals surface area contributed by atoms with Crippen LogP contribution in [0.5, 0.6) is 0 Å². The molecule has 1 aliphatic rings. The molecule has 0 aliphatic carbocycles. The lowest BCUT2D eigenvalue weighted by Gasteiger charge is -2.23. The van der Waals surface area contributed by atoms with Crippen molar-refractivity contribution in [2.75, 3.05) is 14.1 Å². The quantitative estimate of drug-likeness (QED) is 0.532. The van der Waals surface area contributed by atoms with Crippen molar-refractivity contribution in [3.05, 3.63) is 39.7 Å². The third-order valence-electron chi connectivity index (χ3n) is 3.45. The summed E-state index contributed by atoms with van der Waals surface area (Å²) < 4.78 is 30.8. The van der Waals surface area contributed by atoms with Crippen molar-refractivity contribution in [1.82, 2.24) is 15.6 Å². The molecule has 9 heteroatoms. The molecule has 128 valence electrons. The number of hydrogen-bond donors (Lipinski definition) is 3. The zero-order valence-corrected chi connectivity index (χ0v) is 15.4. The standard InChI is InChI=1S/C14H22N4O3S2/c1-8-6-9(2)11(10(3)7-8)23(19,20)21-14-18(15)12(16-4)13(17-5)22-14/h6-7,14,16-17H,15H2,1-5H3. The second kappa shape index (κ2) is 6.60. The van der Waals surface area contributed by atoms with Gasteiger partial charge < -0.3 is 10.6 Å². The molecule has 23 heavy (non-hydrogen) atoms. The topological polar surface area (TPSA) is 96.7 Å². The van der Waals surface area contributed by atoms with E-state index in [-0.39, 0.29) is 4.90 Å². The molecule has 1 heterocycles. The van der Waals surface area contributed by atoms with E-state index in [4.69, 9.17) is 10.0 Å². The van der Waals surface area contributed by atoms with Crippen molar-refractivity contribution < 1.29 is 12.6 Å². The third-order valence-corrected chi connectivity index (χ3v) is 6.31. The second-order valence-electron chi connectivity index (χ2n) is 5.29. The van der Waals surface area contributed by atoms with Gasteiger partial charge in [-0.05, 0) is 43.7 Å². The fraction of sp³-hybridized carbons (Fsp3) is 0.429. The van der Waals surface area contributed by atoms with E-state index in [9.17, 15) is 8.42 Å². The van der Waals surface area contributed by atoms with Gasteiger partial charge >= 0.3 is 0 Å². The largest absolute Gasteiger partial charge is 0.380 e. The van der Waals surface area contributed by atoms with Crippen LogP contribution in [0.2, 0.25) is 0 Å². The summed E-state index contributed by atoms with van der Waals surface area (Å²) in [6.07, 6.45) is 0. The van der Waals surface area contributed by atoms with Gasteiger partial charge in [0.2, 0.25) is 5.56 Å². The zero-order valence-electron chi connectivity index (χ0n) is 13.8. The Morgan fingerprint density at radius 2 is 1.74 bits per heavy atom. The van der Waals surface area contributed by atoms with E-state index in [1.165, 1.54) is 16.8 Å². The monoisotopic (exact) mass is 358 g/mol. The van der Waals surface area contributed by atoms with Gasteiger partial charge in [-0.3, -0.25) is 5.01 Å². The van der Waals surface area contributed by atoms with Crippen LogP contribution in [0.15, 0.2) is 27.9 Å². The maximum Gasteiger partial charge on any atom is 0.300 e. The molecule has 1 aliphatic heterocycles. The summed E-state index contributed by atoms with van der Waals surface area (Å²) in [5, 5.41) is 7.86. The van der Waals surface area contributed by atoms with Gasteiger partial charge in [0.05, 0.1) is 0 Å². The van der Waals surface area contributed by atoms with Crippen LogP contribution in [0, 0.1) is 20.8 Å². The average Bonchev–Trinajstić information content (AvgIpc) is 2.72. The van der Waals surface area contributed by atoms with E-state index in [0.717, 1.165) is 5.56 Å². The summed E-state index contributed by atoms with van der Waals surface area (Å²) in [5.41, 5.74) is 1.45. The van der Waals surface area contributed by atoms with E-state index in [2.05, 4.69) is 10.6 Å². The lowest BCUT2D eigenvalue weighted by atomic mass is 10.1. The number of benzene rings is 1. The molecule has 1 atom stereocenters. The van der Waals surface area contributed by atoms with Gasteiger partial charge in [-0.15, -0.1) is 0 Å². The number of aryl methyl sites for hydroxylation is 3. The minimum Gasteiger partial charge on any atom is -0.380 e. The number of thioether (sulfide) groups is 1. The molecule has 0 bridgehead atoms. The number of nitrogens with two attached hydrogens (primary N) is 1. The molecule has 4 N–H and O–H groups in total. The molecule has 0 saturated carbocycles. The molecule has 0 aromatic heterocycles. The first-order valence-electron chi connectivity index (χ1n) is 7.02. The number of hydrogen-bond acceptors (Lipinski definition) is 8. The Morgan fingerprint density at radius 1 is 1.17 bits per heavy atom. The molecule has 7 nitrogen and oxygen atoms in total. The van der Waals surface area contributed by atoms with Crippen molar-refractivity contribution >= 4 is 21.9 Å². The summed E-state index contributed by atoms with van der Waals surface area (Å²) in [6.45, 7) is 5.44. The predicted octanol–water partition coefficient (Wildman–Crippen LogP) is 1.09. The van der Waals surface area contributed by atoms with E-state index < -0.39 is 15.7 Å². The number of rotatable bonds is 5. The van der Waals surface area contributed by atoms with Crippen LogP contribution >= 0.6 is 11.8 Å². The highest BCUT2D eigenvalue weighted by Gasteiger charge is 2.36. The van der Waals surface area contributed by atoms with E-state index in [1.54, 1.807) is 27.9 Å². The van der Waals surface area contributed by atoms with Crippen LogP contribution in [-0.4, -0.2) is 33.1 Å². The highest BCUT2D eigenvalue weighted by Crippen LogP contribution is 2.36. The SMILES string of the molecule is CNC1=C(NC)N(N)C(OS(=O)(=O)c2c(C)cc(C)cc2C)S1. The van der Waals surface area contributed by atoms with Gasteiger partial charge in [-0.25, -0.2) is 10.0 Å². The van der Waals surface area contributed by atoms with Crippen LogP contribution < -0.4 is 16.5 Å². The summed E-state index contributed by atoms with van der Waals surface area (Å²) in [4.78, 5) is 0.195. The molecule has 0 saturated heterocycles. The van der Waals surface area contributed by atoms with Crippen molar-refractivity contribution in [3.8, 4) is 0 Å². The van der Waals surface area contributed by atoms with Crippen molar-refractivity contribution in [2.24, 2.45) is 5.84 Å². The summed E-state index contributed by atoms with van der Waals surface area (Å²) in [6, 6.07) is 3.64. The molecule has 1 unspecified atom stereocenters. The Morgan fingerprint density at radius 3 is 2.17 bits per heavy atom.